The number of likely N-dealkylation sites (N-methyl/N-ethyl adjacent to an activating group) is 1. The van der Waals surface area contributed by atoms with Crippen LogP contribution >= 0.6 is 0 Å². The lowest BCUT2D eigenvalue weighted by atomic mass is 9.92. The summed E-state index contributed by atoms with van der Waals surface area (Å²) in [6.07, 6.45) is 3.33. The van der Waals surface area contributed by atoms with Crippen molar-refractivity contribution < 1.29 is 9.53 Å². The second-order valence-corrected chi connectivity index (χ2v) is 6.03. The quantitative estimate of drug-likeness (QED) is 0.903. The van der Waals surface area contributed by atoms with E-state index < -0.39 is 6.04 Å². The lowest BCUT2D eigenvalue weighted by Gasteiger charge is -2.32. The molecule has 1 aliphatic rings. The van der Waals surface area contributed by atoms with Gasteiger partial charge in [0.05, 0.1) is 6.61 Å². The number of rotatable bonds is 5. The van der Waals surface area contributed by atoms with E-state index in [1.54, 1.807) is 7.11 Å². The molecule has 2 N–H and O–H groups in total. The number of nitrogens with two attached hydrogens (primary N) is 1. The fraction of sp³-hybridized carbons (Fsp3) is 0.588. The highest BCUT2D eigenvalue weighted by molar-refractivity contribution is 5.82. The van der Waals surface area contributed by atoms with Gasteiger partial charge in [-0.3, -0.25) is 4.79 Å². The average Bonchev–Trinajstić information content (AvgIpc) is 2.96. The van der Waals surface area contributed by atoms with Gasteiger partial charge in [-0.25, -0.2) is 0 Å². The molecular weight excluding hydrogens is 264 g/mol. The molecule has 1 aromatic carbocycles. The Hall–Kier alpha value is -1.39. The molecule has 4 heteroatoms. The predicted molar refractivity (Wildman–Crippen MR) is 84.2 cm³/mol. The van der Waals surface area contributed by atoms with Crippen LogP contribution in [0.5, 0.6) is 0 Å². The Labute approximate surface area is 127 Å². The van der Waals surface area contributed by atoms with Gasteiger partial charge in [-0.2, -0.15) is 0 Å². The largest absolute Gasteiger partial charge is 0.383 e. The molecule has 21 heavy (non-hydrogen) atoms. The number of hydrogen-bond acceptors (Lipinski definition) is 3. The van der Waals surface area contributed by atoms with E-state index in [1.165, 1.54) is 11.1 Å². The third kappa shape index (κ3) is 3.63. The van der Waals surface area contributed by atoms with E-state index in [9.17, 15) is 4.79 Å². The topological polar surface area (TPSA) is 55.6 Å². The molecule has 4 nitrogen and oxygen atoms in total. The summed E-state index contributed by atoms with van der Waals surface area (Å²) in [5.74, 6) is 0.384. The van der Waals surface area contributed by atoms with Crippen molar-refractivity contribution in [2.24, 2.45) is 5.73 Å². The molecule has 0 aromatic heterocycles. The number of aryl methyl sites for hydroxylation is 1. The standard InChI is InChI=1S/C17H26N2O2/c1-12-7-9-13(10-8-12)14-5-4-6-16(14)19(2)17(20)15(18)11-21-3/h7-10,14-16H,4-6,11,18H2,1-3H3. The van der Waals surface area contributed by atoms with E-state index in [4.69, 9.17) is 10.5 Å². The number of ether oxygens (including phenoxy) is 1. The maximum atomic E-state index is 12.4. The number of carbonyl (C=O) groups is 1. The molecule has 1 aromatic rings. The molecule has 3 atom stereocenters. The number of hydrogen-bond donors (Lipinski definition) is 1. The highest BCUT2D eigenvalue weighted by Crippen LogP contribution is 2.37. The van der Waals surface area contributed by atoms with E-state index in [1.807, 2.05) is 11.9 Å². The van der Waals surface area contributed by atoms with Crippen LogP contribution in [0.3, 0.4) is 0 Å². The first-order valence-electron chi connectivity index (χ1n) is 7.62. The van der Waals surface area contributed by atoms with Gasteiger partial charge in [0.15, 0.2) is 0 Å². The summed E-state index contributed by atoms with van der Waals surface area (Å²) in [4.78, 5) is 14.2. The van der Waals surface area contributed by atoms with Gasteiger partial charge in [-0.15, -0.1) is 0 Å². The van der Waals surface area contributed by atoms with Crippen molar-refractivity contribution in [3.63, 3.8) is 0 Å². The minimum Gasteiger partial charge on any atom is -0.383 e. The second-order valence-electron chi connectivity index (χ2n) is 6.03. The van der Waals surface area contributed by atoms with Crippen molar-refractivity contribution >= 4 is 5.91 Å². The Morgan fingerprint density at radius 3 is 2.67 bits per heavy atom. The number of carbonyl (C=O) groups excluding carboxylic acids is 1. The van der Waals surface area contributed by atoms with Crippen LogP contribution in [-0.4, -0.2) is 43.7 Å². The first-order chi connectivity index (χ1) is 10.0. The van der Waals surface area contributed by atoms with Crippen molar-refractivity contribution in [3.8, 4) is 0 Å². The molecule has 0 spiro atoms. The Balaban J connectivity index is 2.10. The highest BCUT2D eigenvalue weighted by Gasteiger charge is 2.35. The van der Waals surface area contributed by atoms with Gasteiger partial charge in [-0.1, -0.05) is 36.2 Å². The molecule has 0 saturated heterocycles. The summed E-state index contributed by atoms with van der Waals surface area (Å²) in [5.41, 5.74) is 8.47. The normalized spacial score (nSPS) is 23.0. The molecule has 116 valence electrons. The fourth-order valence-corrected chi connectivity index (χ4v) is 3.28. The average molecular weight is 290 g/mol. The van der Waals surface area contributed by atoms with Crippen molar-refractivity contribution in [2.45, 2.75) is 44.2 Å². The molecule has 1 aliphatic carbocycles. The minimum atomic E-state index is -0.570. The maximum Gasteiger partial charge on any atom is 0.241 e. The first-order valence-corrected chi connectivity index (χ1v) is 7.62. The maximum absolute atomic E-state index is 12.4. The van der Waals surface area contributed by atoms with E-state index >= 15 is 0 Å². The minimum absolute atomic E-state index is 0.0270. The molecular formula is C17H26N2O2. The Morgan fingerprint density at radius 1 is 1.38 bits per heavy atom. The van der Waals surface area contributed by atoms with Gasteiger partial charge in [0.2, 0.25) is 5.91 Å². The highest BCUT2D eigenvalue weighted by atomic mass is 16.5. The molecule has 3 unspecified atom stereocenters. The van der Waals surface area contributed by atoms with Crippen LogP contribution in [0.4, 0.5) is 0 Å². The third-order valence-electron chi connectivity index (χ3n) is 4.49. The van der Waals surface area contributed by atoms with Gasteiger partial charge in [0.1, 0.15) is 6.04 Å². The van der Waals surface area contributed by atoms with E-state index in [0.29, 0.717) is 5.92 Å². The Bertz CT molecular complexity index is 472. The summed E-state index contributed by atoms with van der Waals surface area (Å²) < 4.78 is 4.99. The molecule has 0 heterocycles. The van der Waals surface area contributed by atoms with Crippen LogP contribution < -0.4 is 5.73 Å². The summed E-state index contributed by atoms with van der Waals surface area (Å²) in [6.45, 7) is 2.36. The molecule has 1 saturated carbocycles. The van der Waals surface area contributed by atoms with Crippen LogP contribution in [-0.2, 0) is 9.53 Å². The van der Waals surface area contributed by atoms with Crippen molar-refractivity contribution in [1.29, 1.82) is 0 Å². The van der Waals surface area contributed by atoms with Crippen LogP contribution in [0.1, 0.15) is 36.3 Å². The fourth-order valence-electron chi connectivity index (χ4n) is 3.28. The molecule has 1 amide bonds. The lowest BCUT2D eigenvalue weighted by molar-refractivity contribution is -0.134. The summed E-state index contributed by atoms with van der Waals surface area (Å²) in [7, 11) is 3.44. The van der Waals surface area contributed by atoms with Crippen molar-refractivity contribution in [3.05, 3.63) is 35.4 Å². The smallest absolute Gasteiger partial charge is 0.241 e. The van der Waals surface area contributed by atoms with E-state index in [-0.39, 0.29) is 18.6 Å². The summed E-state index contributed by atoms with van der Waals surface area (Å²) in [6, 6.07) is 8.33. The van der Waals surface area contributed by atoms with Gasteiger partial charge in [-0.05, 0) is 25.3 Å². The van der Waals surface area contributed by atoms with Crippen LogP contribution in [0, 0.1) is 6.92 Å². The van der Waals surface area contributed by atoms with Crippen molar-refractivity contribution in [2.75, 3.05) is 20.8 Å². The van der Waals surface area contributed by atoms with Crippen LogP contribution in [0.25, 0.3) is 0 Å². The van der Waals surface area contributed by atoms with E-state index in [0.717, 1.165) is 19.3 Å². The second kappa shape index (κ2) is 7.05. The van der Waals surface area contributed by atoms with Crippen molar-refractivity contribution in [1.82, 2.24) is 4.90 Å². The molecule has 2 rings (SSSR count). The zero-order chi connectivity index (χ0) is 15.4. The molecule has 0 aliphatic heterocycles. The predicted octanol–water partition coefficient (Wildman–Crippen LogP) is 2.06. The number of nitrogens with zero attached hydrogens (tertiary/aromatic N) is 1. The van der Waals surface area contributed by atoms with Gasteiger partial charge in [0.25, 0.3) is 0 Å². The van der Waals surface area contributed by atoms with Crippen LogP contribution in [0.15, 0.2) is 24.3 Å². The van der Waals surface area contributed by atoms with Gasteiger partial charge >= 0.3 is 0 Å². The zero-order valence-corrected chi connectivity index (χ0v) is 13.2. The monoisotopic (exact) mass is 290 g/mol. The van der Waals surface area contributed by atoms with Gasteiger partial charge in [0, 0.05) is 26.1 Å². The summed E-state index contributed by atoms with van der Waals surface area (Å²) in [5, 5.41) is 0. The summed E-state index contributed by atoms with van der Waals surface area (Å²) >= 11 is 0. The Morgan fingerprint density at radius 2 is 2.05 bits per heavy atom. The van der Waals surface area contributed by atoms with Crippen LogP contribution in [0.2, 0.25) is 0 Å². The molecule has 1 fully saturated rings. The number of amides is 1. The molecule has 0 radical (unpaired) electrons. The Kier molecular flexibility index (Phi) is 5.37. The lowest BCUT2D eigenvalue weighted by Crippen LogP contribution is -2.49. The van der Waals surface area contributed by atoms with E-state index in [2.05, 4.69) is 31.2 Å². The van der Waals surface area contributed by atoms with Gasteiger partial charge < -0.3 is 15.4 Å². The first kappa shape index (κ1) is 16.0. The zero-order valence-electron chi connectivity index (χ0n) is 13.2. The SMILES string of the molecule is COCC(N)C(=O)N(C)C1CCCC1c1ccc(C)cc1. The molecule has 0 bridgehead atoms. The third-order valence-corrected chi connectivity index (χ3v) is 4.49. The number of methoxy groups -OCH3 is 1. The number of benzene rings is 1.